The second kappa shape index (κ2) is 8.39. The van der Waals surface area contributed by atoms with Crippen LogP contribution in [-0.4, -0.2) is 27.6 Å². The normalized spacial score (nSPS) is 11.3. The number of nitrogens with zero attached hydrogens (tertiary/aromatic N) is 1. The van der Waals surface area contributed by atoms with Crippen LogP contribution in [0.2, 0.25) is 0 Å². The molecule has 4 N–H and O–H groups in total. The van der Waals surface area contributed by atoms with E-state index in [1.807, 2.05) is 0 Å². The van der Waals surface area contributed by atoms with Gasteiger partial charge in [0.2, 0.25) is 0 Å². The van der Waals surface area contributed by atoms with Gasteiger partial charge in [0.25, 0.3) is 5.91 Å². The lowest BCUT2D eigenvalue weighted by atomic mass is 10.1. The SMILES string of the molecule is O=C(NCCc1ccc(O)c(O)c1)c1ccsc1Nc1ccnc(C(F)(F)F)c1. The maximum atomic E-state index is 12.8. The van der Waals surface area contributed by atoms with Crippen molar-refractivity contribution in [2.24, 2.45) is 0 Å². The van der Waals surface area contributed by atoms with Crippen molar-refractivity contribution in [2.45, 2.75) is 12.6 Å². The van der Waals surface area contributed by atoms with Crippen molar-refractivity contribution in [2.75, 3.05) is 11.9 Å². The van der Waals surface area contributed by atoms with Crippen LogP contribution in [0.1, 0.15) is 21.6 Å². The molecule has 6 nitrogen and oxygen atoms in total. The summed E-state index contributed by atoms with van der Waals surface area (Å²) in [6.45, 7) is 0.270. The van der Waals surface area contributed by atoms with Gasteiger partial charge in [0.1, 0.15) is 10.7 Å². The number of alkyl halides is 3. The fourth-order valence-electron chi connectivity index (χ4n) is 2.52. The standard InChI is InChI=1S/C19H16F3N3O3S/c20-19(21,22)16-10-12(4-7-23-16)25-18-13(5-8-29-18)17(28)24-6-3-11-1-2-14(26)15(27)9-11/h1-2,4-5,7-10,26-27H,3,6H2,(H,23,25)(H,24,28). The topological polar surface area (TPSA) is 94.5 Å². The maximum Gasteiger partial charge on any atom is 0.433 e. The van der Waals surface area contributed by atoms with Gasteiger partial charge in [-0.05, 0) is 47.7 Å². The van der Waals surface area contributed by atoms with E-state index in [4.69, 9.17) is 0 Å². The first kappa shape index (κ1) is 20.5. The number of phenols is 2. The quantitative estimate of drug-likeness (QED) is 0.444. The van der Waals surface area contributed by atoms with Crippen LogP contribution in [0, 0.1) is 0 Å². The molecule has 0 saturated carbocycles. The number of phenolic OH excluding ortho intramolecular Hbond substituents is 2. The molecule has 29 heavy (non-hydrogen) atoms. The molecule has 152 valence electrons. The van der Waals surface area contributed by atoms with E-state index < -0.39 is 11.9 Å². The Hall–Kier alpha value is -3.27. The van der Waals surface area contributed by atoms with Crippen molar-refractivity contribution >= 4 is 27.9 Å². The van der Waals surface area contributed by atoms with E-state index >= 15 is 0 Å². The molecular formula is C19H16F3N3O3S. The minimum absolute atomic E-state index is 0.170. The molecule has 0 bridgehead atoms. The number of hydrogen-bond acceptors (Lipinski definition) is 6. The number of pyridine rings is 1. The number of hydrogen-bond donors (Lipinski definition) is 4. The molecule has 3 rings (SSSR count). The highest BCUT2D eigenvalue weighted by Gasteiger charge is 2.32. The molecule has 0 aliphatic heterocycles. The van der Waals surface area contributed by atoms with Crippen LogP contribution in [-0.2, 0) is 12.6 Å². The van der Waals surface area contributed by atoms with E-state index in [9.17, 15) is 28.2 Å². The first-order valence-electron chi connectivity index (χ1n) is 8.41. The number of rotatable bonds is 6. The molecule has 0 atom stereocenters. The van der Waals surface area contributed by atoms with Crippen LogP contribution < -0.4 is 10.6 Å². The molecule has 0 aliphatic carbocycles. The molecule has 0 radical (unpaired) electrons. The Labute approximate surface area is 167 Å². The summed E-state index contributed by atoms with van der Waals surface area (Å²) in [6, 6.07) is 8.21. The van der Waals surface area contributed by atoms with E-state index in [0.29, 0.717) is 17.0 Å². The van der Waals surface area contributed by atoms with E-state index in [2.05, 4.69) is 15.6 Å². The Balaban J connectivity index is 1.63. The Bertz CT molecular complexity index is 1020. The van der Waals surface area contributed by atoms with Crippen LogP contribution >= 0.6 is 11.3 Å². The molecule has 2 aromatic heterocycles. The number of amides is 1. The molecule has 0 unspecified atom stereocenters. The second-order valence-electron chi connectivity index (χ2n) is 6.04. The highest BCUT2D eigenvalue weighted by atomic mass is 32.1. The largest absolute Gasteiger partial charge is 0.504 e. The minimum atomic E-state index is -4.56. The third-order valence-electron chi connectivity index (χ3n) is 3.96. The highest BCUT2D eigenvalue weighted by Crippen LogP contribution is 2.32. The number of nitrogens with one attached hydrogen (secondary N) is 2. The van der Waals surface area contributed by atoms with Crippen molar-refractivity contribution in [3.63, 3.8) is 0 Å². The summed E-state index contributed by atoms with van der Waals surface area (Å²) < 4.78 is 38.4. The van der Waals surface area contributed by atoms with Gasteiger partial charge in [-0.25, -0.2) is 0 Å². The van der Waals surface area contributed by atoms with Crippen molar-refractivity contribution in [1.29, 1.82) is 0 Å². The van der Waals surface area contributed by atoms with Crippen molar-refractivity contribution in [3.05, 3.63) is 64.8 Å². The molecule has 10 heteroatoms. The molecule has 2 heterocycles. The zero-order chi connectivity index (χ0) is 21.0. The fraction of sp³-hybridized carbons (Fsp3) is 0.158. The van der Waals surface area contributed by atoms with Crippen molar-refractivity contribution in [3.8, 4) is 11.5 Å². The number of thiophene rings is 1. The van der Waals surface area contributed by atoms with Crippen LogP contribution in [0.25, 0.3) is 0 Å². The van der Waals surface area contributed by atoms with Gasteiger partial charge in [-0.3, -0.25) is 9.78 Å². The smallest absolute Gasteiger partial charge is 0.433 e. The number of carbonyl (C=O) groups excluding carboxylic acids is 1. The molecule has 1 aromatic carbocycles. The van der Waals surface area contributed by atoms with E-state index in [1.165, 1.54) is 29.5 Å². The zero-order valence-corrected chi connectivity index (χ0v) is 15.6. The Morgan fingerprint density at radius 2 is 1.90 bits per heavy atom. The number of halogens is 3. The van der Waals surface area contributed by atoms with Crippen molar-refractivity contribution in [1.82, 2.24) is 10.3 Å². The predicted octanol–water partition coefficient (Wildman–Crippen LogP) is 4.29. The second-order valence-corrected chi connectivity index (χ2v) is 6.96. The summed E-state index contributed by atoms with van der Waals surface area (Å²) in [5.41, 5.74) is 0.167. The van der Waals surface area contributed by atoms with Gasteiger partial charge in [-0.2, -0.15) is 13.2 Å². The average Bonchev–Trinajstić information content (AvgIpc) is 3.12. The third kappa shape index (κ3) is 5.17. The number of carbonyl (C=O) groups is 1. The van der Waals surface area contributed by atoms with Crippen LogP contribution in [0.5, 0.6) is 11.5 Å². The Morgan fingerprint density at radius 1 is 1.10 bits per heavy atom. The molecular weight excluding hydrogens is 407 g/mol. The summed E-state index contributed by atoms with van der Waals surface area (Å²) in [7, 11) is 0. The average molecular weight is 423 g/mol. The van der Waals surface area contributed by atoms with E-state index in [1.54, 1.807) is 17.5 Å². The van der Waals surface area contributed by atoms with Crippen molar-refractivity contribution < 1.29 is 28.2 Å². The van der Waals surface area contributed by atoms with E-state index in [0.717, 1.165) is 17.8 Å². The Morgan fingerprint density at radius 3 is 2.62 bits per heavy atom. The van der Waals surface area contributed by atoms with Gasteiger partial charge in [-0.1, -0.05) is 6.07 Å². The summed E-state index contributed by atoms with van der Waals surface area (Å²) in [4.78, 5) is 15.7. The van der Waals surface area contributed by atoms with Gasteiger partial charge >= 0.3 is 6.18 Å². The van der Waals surface area contributed by atoms with Crippen LogP contribution in [0.3, 0.4) is 0 Å². The Kier molecular flexibility index (Phi) is 5.92. The van der Waals surface area contributed by atoms with Gasteiger partial charge in [0, 0.05) is 18.4 Å². The number of benzene rings is 1. The fourth-order valence-corrected chi connectivity index (χ4v) is 3.32. The van der Waals surface area contributed by atoms with Gasteiger partial charge in [0.15, 0.2) is 11.5 Å². The summed E-state index contributed by atoms with van der Waals surface area (Å²) in [6.07, 6.45) is -3.09. The number of aromatic nitrogens is 1. The molecule has 1 amide bonds. The lowest BCUT2D eigenvalue weighted by Gasteiger charge is -2.11. The predicted molar refractivity (Wildman–Crippen MR) is 103 cm³/mol. The highest BCUT2D eigenvalue weighted by molar-refractivity contribution is 7.14. The minimum Gasteiger partial charge on any atom is -0.504 e. The zero-order valence-electron chi connectivity index (χ0n) is 14.8. The lowest BCUT2D eigenvalue weighted by Crippen LogP contribution is -2.25. The summed E-state index contributed by atoms with van der Waals surface area (Å²) in [5.74, 6) is -0.854. The summed E-state index contributed by atoms with van der Waals surface area (Å²) in [5, 5.41) is 26.4. The number of anilines is 2. The molecule has 0 fully saturated rings. The molecule has 0 aliphatic rings. The first-order valence-corrected chi connectivity index (χ1v) is 9.29. The summed E-state index contributed by atoms with van der Waals surface area (Å²) >= 11 is 1.19. The molecule has 3 aromatic rings. The third-order valence-corrected chi connectivity index (χ3v) is 4.79. The first-order chi connectivity index (χ1) is 13.7. The van der Waals surface area contributed by atoms with Gasteiger partial charge in [-0.15, -0.1) is 11.3 Å². The molecule has 0 saturated heterocycles. The molecule has 0 spiro atoms. The number of aromatic hydroxyl groups is 2. The van der Waals surface area contributed by atoms with Gasteiger partial charge < -0.3 is 20.8 Å². The van der Waals surface area contributed by atoms with Gasteiger partial charge in [0.05, 0.1) is 5.56 Å². The van der Waals surface area contributed by atoms with E-state index in [-0.39, 0.29) is 29.6 Å². The maximum absolute atomic E-state index is 12.8. The lowest BCUT2D eigenvalue weighted by molar-refractivity contribution is -0.141. The van der Waals surface area contributed by atoms with Crippen LogP contribution in [0.15, 0.2) is 48.0 Å². The van der Waals surface area contributed by atoms with Crippen LogP contribution in [0.4, 0.5) is 23.9 Å². The monoisotopic (exact) mass is 423 g/mol.